The van der Waals surface area contributed by atoms with Crippen molar-refractivity contribution in [3.05, 3.63) is 165 Å². The topological polar surface area (TPSA) is 87.3 Å². The summed E-state index contributed by atoms with van der Waals surface area (Å²) in [4.78, 5) is 40.6. The second kappa shape index (κ2) is 15.4. The van der Waals surface area contributed by atoms with Gasteiger partial charge in [0.25, 0.3) is 11.8 Å². The highest BCUT2D eigenvalue weighted by atomic mass is 79.9. The molecule has 0 aliphatic carbocycles. The average Bonchev–Trinajstić information content (AvgIpc) is 3.06. The number of hydrogen-bond donors (Lipinski definition) is 3. The number of benzene rings is 5. The molecule has 5 aromatic carbocycles. The van der Waals surface area contributed by atoms with Gasteiger partial charge in [0, 0.05) is 20.6 Å². The summed E-state index contributed by atoms with van der Waals surface area (Å²) in [5.41, 5.74) is 3.14. The highest BCUT2D eigenvalue weighted by Crippen LogP contribution is 2.37. The van der Waals surface area contributed by atoms with E-state index < -0.39 is 17.1 Å². The van der Waals surface area contributed by atoms with Gasteiger partial charge in [-0.1, -0.05) is 100 Å². The number of carbonyl (C=O) groups is 3. The molecule has 0 aliphatic rings. The third-order valence-electron chi connectivity index (χ3n) is 6.53. The number of anilines is 2. The fourth-order valence-corrected chi connectivity index (χ4v) is 5.94. The van der Waals surface area contributed by atoms with Crippen LogP contribution in [-0.2, 0) is 9.59 Å². The highest BCUT2D eigenvalue weighted by Gasteiger charge is 2.23. The molecule has 45 heavy (non-hydrogen) atoms. The van der Waals surface area contributed by atoms with Crippen LogP contribution in [-0.4, -0.2) is 17.7 Å². The van der Waals surface area contributed by atoms with Gasteiger partial charge in [-0.25, -0.2) is 0 Å². The van der Waals surface area contributed by atoms with Crippen molar-refractivity contribution < 1.29 is 14.4 Å². The van der Waals surface area contributed by atoms with Gasteiger partial charge in [-0.05, 0) is 77.9 Å². The van der Waals surface area contributed by atoms with E-state index in [0.29, 0.717) is 22.0 Å². The Kier molecular flexibility index (Phi) is 10.9. The maximum Gasteiger partial charge on any atom is 0.272 e. The molecular formula is C36H27BrClN3O3S. The van der Waals surface area contributed by atoms with Crippen LogP contribution in [0.15, 0.2) is 149 Å². The van der Waals surface area contributed by atoms with Crippen molar-refractivity contribution in [2.45, 2.75) is 10.1 Å². The van der Waals surface area contributed by atoms with Crippen LogP contribution in [0.25, 0.3) is 6.08 Å². The van der Waals surface area contributed by atoms with Crippen LogP contribution >= 0.6 is 39.3 Å². The zero-order valence-electron chi connectivity index (χ0n) is 23.7. The molecule has 3 amide bonds. The van der Waals surface area contributed by atoms with Crippen LogP contribution in [0, 0.1) is 0 Å². The number of carbonyl (C=O) groups excluding carboxylic acids is 3. The Morgan fingerprint density at radius 3 is 2.09 bits per heavy atom. The summed E-state index contributed by atoms with van der Waals surface area (Å²) in [7, 11) is 0. The van der Waals surface area contributed by atoms with Gasteiger partial charge in [-0.15, -0.1) is 11.8 Å². The van der Waals surface area contributed by atoms with Crippen molar-refractivity contribution in [3.63, 3.8) is 0 Å². The van der Waals surface area contributed by atoms with Crippen molar-refractivity contribution in [1.29, 1.82) is 0 Å². The summed E-state index contributed by atoms with van der Waals surface area (Å²) in [6.07, 6.45) is 1.62. The number of rotatable bonds is 10. The zero-order chi connectivity index (χ0) is 31.6. The highest BCUT2D eigenvalue weighted by molar-refractivity contribution is 9.10. The Balaban J connectivity index is 1.33. The summed E-state index contributed by atoms with van der Waals surface area (Å²) in [5, 5.41) is 8.45. The lowest BCUT2D eigenvalue weighted by Crippen LogP contribution is -2.30. The van der Waals surface area contributed by atoms with Gasteiger partial charge >= 0.3 is 0 Å². The summed E-state index contributed by atoms with van der Waals surface area (Å²) < 4.78 is 0.841. The Morgan fingerprint density at radius 1 is 0.733 bits per heavy atom. The molecule has 5 aromatic rings. The molecule has 5 rings (SSSR count). The van der Waals surface area contributed by atoms with Gasteiger partial charge in [0.15, 0.2) is 0 Å². The van der Waals surface area contributed by atoms with Crippen molar-refractivity contribution in [3.8, 4) is 0 Å². The van der Waals surface area contributed by atoms with Gasteiger partial charge in [-0.2, -0.15) is 0 Å². The number of hydrogen-bond acceptors (Lipinski definition) is 4. The van der Waals surface area contributed by atoms with Crippen LogP contribution in [0.4, 0.5) is 11.4 Å². The first-order valence-electron chi connectivity index (χ1n) is 13.9. The van der Waals surface area contributed by atoms with E-state index >= 15 is 0 Å². The number of para-hydroxylation sites is 1. The predicted molar refractivity (Wildman–Crippen MR) is 186 cm³/mol. The quantitative estimate of drug-likeness (QED) is 0.101. The lowest BCUT2D eigenvalue weighted by atomic mass is 10.1. The largest absolute Gasteiger partial charge is 0.323 e. The molecular weight excluding hydrogens is 670 g/mol. The van der Waals surface area contributed by atoms with Crippen LogP contribution in [0.2, 0.25) is 5.02 Å². The number of halogens is 2. The fraction of sp³-hybridized carbons (Fsp3) is 0.0278. The maximum atomic E-state index is 13.4. The summed E-state index contributed by atoms with van der Waals surface area (Å²) in [6.45, 7) is 0. The summed E-state index contributed by atoms with van der Waals surface area (Å²) in [6, 6.07) is 39.9. The van der Waals surface area contributed by atoms with E-state index in [-0.39, 0.29) is 11.6 Å². The smallest absolute Gasteiger partial charge is 0.272 e. The molecule has 3 N–H and O–H groups in total. The average molecular weight is 697 g/mol. The molecule has 0 bridgehead atoms. The molecule has 1 unspecified atom stereocenters. The van der Waals surface area contributed by atoms with Crippen LogP contribution in [0.5, 0.6) is 0 Å². The second-order valence-corrected chi connectivity index (χ2v) is 12.3. The lowest BCUT2D eigenvalue weighted by molar-refractivity contribution is -0.116. The minimum Gasteiger partial charge on any atom is -0.323 e. The minimum absolute atomic E-state index is 0.0841. The van der Waals surface area contributed by atoms with E-state index in [4.69, 9.17) is 11.6 Å². The SMILES string of the molecule is O=C(Nc1ccc(SC(C(=O)Nc2ccccc2Cl)c2ccccc2)cc1)/C(=C/c1cccc(Br)c1)NC(=O)c1ccccc1. The van der Waals surface area contributed by atoms with Crippen molar-refractivity contribution >= 4 is 74.5 Å². The Morgan fingerprint density at radius 2 is 1.40 bits per heavy atom. The molecule has 0 saturated carbocycles. The fourth-order valence-electron chi connectivity index (χ4n) is 4.32. The van der Waals surface area contributed by atoms with E-state index in [1.165, 1.54) is 11.8 Å². The molecule has 0 aromatic heterocycles. The monoisotopic (exact) mass is 695 g/mol. The van der Waals surface area contributed by atoms with E-state index in [2.05, 4.69) is 31.9 Å². The lowest BCUT2D eigenvalue weighted by Gasteiger charge is -2.18. The molecule has 9 heteroatoms. The van der Waals surface area contributed by atoms with Gasteiger partial charge in [-0.3, -0.25) is 14.4 Å². The first-order chi connectivity index (χ1) is 21.9. The third kappa shape index (κ3) is 8.95. The van der Waals surface area contributed by atoms with Crippen molar-refractivity contribution in [1.82, 2.24) is 5.32 Å². The first-order valence-corrected chi connectivity index (χ1v) is 15.9. The molecule has 224 valence electrons. The van der Waals surface area contributed by atoms with Gasteiger partial charge < -0.3 is 16.0 Å². The molecule has 0 saturated heterocycles. The zero-order valence-corrected chi connectivity index (χ0v) is 26.9. The Hall–Kier alpha value is -4.63. The van der Waals surface area contributed by atoms with Crippen molar-refractivity contribution in [2.24, 2.45) is 0 Å². The summed E-state index contributed by atoms with van der Waals surface area (Å²) in [5.74, 6) is -1.10. The Labute approximate surface area is 279 Å². The third-order valence-corrected chi connectivity index (χ3v) is 8.62. The normalized spacial score (nSPS) is 11.7. The number of amides is 3. The molecule has 0 spiro atoms. The van der Waals surface area contributed by atoms with Crippen molar-refractivity contribution in [2.75, 3.05) is 10.6 Å². The minimum atomic E-state index is -0.559. The van der Waals surface area contributed by atoms with E-state index in [1.54, 1.807) is 60.7 Å². The molecule has 6 nitrogen and oxygen atoms in total. The molecule has 0 heterocycles. The molecule has 0 fully saturated rings. The van der Waals surface area contributed by atoms with Crippen LogP contribution < -0.4 is 16.0 Å². The summed E-state index contributed by atoms with van der Waals surface area (Å²) >= 11 is 11.1. The number of thioether (sulfide) groups is 1. The maximum absolute atomic E-state index is 13.4. The van der Waals surface area contributed by atoms with E-state index in [9.17, 15) is 14.4 Å². The molecule has 1 atom stereocenters. The van der Waals surface area contributed by atoms with Crippen LogP contribution in [0.1, 0.15) is 26.7 Å². The first kappa shape index (κ1) is 31.8. The van der Waals surface area contributed by atoms with E-state index in [0.717, 1.165) is 20.5 Å². The predicted octanol–water partition coefficient (Wildman–Crippen LogP) is 8.98. The standard InChI is InChI=1S/C36H27BrClN3O3S/c37-27-15-9-10-24(22-27)23-32(41-34(42)26-13-5-2-6-14-26)35(43)39-28-18-20-29(21-19-28)45-33(25-11-3-1-4-12-25)36(44)40-31-17-8-7-16-30(31)38/h1-23,33H,(H,39,43)(H,40,44)(H,41,42)/b32-23-. The molecule has 0 radical (unpaired) electrons. The Bertz CT molecular complexity index is 1830. The van der Waals surface area contributed by atoms with Gasteiger partial charge in [0.2, 0.25) is 5.91 Å². The number of nitrogens with one attached hydrogen (secondary N) is 3. The second-order valence-electron chi connectivity index (χ2n) is 9.79. The van der Waals surface area contributed by atoms with Gasteiger partial charge in [0.1, 0.15) is 10.9 Å². The van der Waals surface area contributed by atoms with E-state index in [1.807, 2.05) is 78.9 Å². The van der Waals surface area contributed by atoms with Gasteiger partial charge in [0.05, 0.1) is 10.7 Å². The van der Waals surface area contributed by atoms with Crippen LogP contribution in [0.3, 0.4) is 0 Å². The molecule has 0 aliphatic heterocycles.